The molecular weight excluding hydrogens is 620 g/mol. The number of para-hydroxylation sites is 1. The molecule has 1 aliphatic carbocycles. The van der Waals surface area contributed by atoms with Crippen molar-refractivity contribution in [2.24, 2.45) is 0 Å². The normalized spacial score (nSPS) is 12.9. The van der Waals surface area contributed by atoms with Gasteiger partial charge in [-0.3, -0.25) is 9.59 Å². The zero-order valence-electron chi connectivity index (χ0n) is 28.0. The van der Waals surface area contributed by atoms with E-state index < -0.39 is 18.0 Å². The molecule has 5 aromatic rings. The molecule has 49 heavy (non-hydrogen) atoms. The van der Waals surface area contributed by atoms with Crippen molar-refractivity contribution < 1.29 is 29.3 Å². The van der Waals surface area contributed by atoms with Crippen LogP contribution in [0.3, 0.4) is 0 Å². The first-order chi connectivity index (χ1) is 23.7. The minimum atomic E-state index is -1.11. The van der Waals surface area contributed by atoms with E-state index in [-0.39, 0.29) is 16.9 Å². The molecule has 1 aromatic heterocycles. The number of nitrogens with one attached hydrogen (secondary N) is 2. The number of aliphatic hydroxyl groups excluding tert-OH is 1. The van der Waals surface area contributed by atoms with Gasteiger partial charge in [0.25, 0.3) is 0 Å². The van der Waals surface area contributed by atoms with Gasteiger partial charge in [-0.15, -0.1) is 0 Å². The average molecular weight is 663 g/mol. The van der Waals surface area contributed by atoms with Crippen molar-refractivity contribution in [2.75, 3.05) is 6.54 Å². The number of carbonyl (C=O) groups excluding carboxylic acids is 1. The van der Waals surface area contributed by atoms with E-state index in [1.807, 2.05) is 42.5 Å². The van der Waals surface area contributed by atoms with Gasteiger partial charge in [0, 0.05) is 31.0 Å². The van der Waals surface area contributed by atoms with Crippen LogP contribution in [0.15, 0.2) is 95.8 Å². The number of pyridine rings is 1. The van der Waals surface area contributed by atoms with Crippen LogP contribution in [0.25, 0.3) is 10.9 Å². The maximum absolute atomic E-state index is 12.1. The number of carboxylic acids is 1. The van der Waals surface area contributed by atoms with E-state index in [0.29, 0.717) is 30.5 Å². The standard InChI is InChI=1S/C31H34N2O3.C9H8O4/c1-3-21-14-23-16-25(17-24(23)15-22(21)4-2)32-18-28(34)26-10-12-29(31-27(26)11-13-30(35)33-31)36-19-20-8-6-5-7-9-20;1-6(10)13-8-5-3-2-4-7(8)9(11)12/h5-15,25,28,32,34H,3-4,16-19H2,1-2H3,(H,33,35);2-5H,1H3,(H,11,12). The highest BCUT2D eigenvalue weighted by atomic mass is 16.5. The van der Waals surface area contributed by atoms with Gasteiger partial charge in [0.15, 0.2) is 0 Å². The van der Waals surface area contributed by atoms with Gasteiger partial charge in [0.1, 0.15) is 23.7 Å². The fraction of sp³-hybridized carbons (Fsp3) is 0.275. The summed E-state index contributed by atoms with van der Waals surface area (Å²) >= 11 is 0. The van der Waals surface area contributed by atoms with E-state index in [9.17, 15) is 19.5 Å². The van der Waals surface area contributed by atoms with Crippen LogP contribution in [-0.2, 0) is 37.1 Å². The number of aromatic amines is 1. The zero-order chi connectivity index (χ0) is 34.9. The highest BCUT2D eigenvalue weighted by Gasteiger charge is 2.24. The third-order valence-electron chi connectivity index (χ3n) is 8.67. The van der Waals surface area contributed by atoms with E-state index in [1.54, 1.807) is 18.2 Å². The van der Waals surface area contributed by atoms with Crippen LogP contribution in [0.2, 0.25) is 0 Å². The minimum Gasteiger partial charge on any atom is -0.487 e. The highest BCUT2D eigenvalue weighted by molar-refractivity contribution is 5.91. The maximum Gasteiger partial charge on any atom is 0.339 e. The molecular formula is C40H42N2O7. The van der Waals surface area contributed by atoms with Crippen LogP contribution >= 0.6 is 0 Å². The first-order valence-electron chi connectivity index (χ1n) is 16.5. The Morgan fingerprint density at radius 2 is 1.53 bits per heavy atom. The van der Waals surface area contributed by atoms with E-state index in [0.717, 1.165) is 42.2 Å². The van der Waals surface area contributed by atoms with E-state index in [1.165, 1.54) is 47.4 Å². The zero-order valence-corrected chi connectivity index (χ0v) is 28.0. The Kier molecular flexibility index (Phi) is 11.6. The molecule has 0 saturated carbocycles. The molecule has 254 valence electrons. The number of esters is 1. The molecule has 1 atom stereocenters. The number of hydrogen-bond acceptors (Lipinski definition) is 7. The van der Waals surface area contributed by atoms with E-state index >= 15 is 0 Å². The Bertz CT molecular complexity index is 1950. The van der Waals surface area contributed by atoms with Gasteiger partial charge in [-0.2, -0.15) is 0 Å². The third-order valence-corrected chi connectivity index (χ3v) is 8.67. The van der Waals surface area contributed by atoms with Crippen molar-refractivity contribution in [3.63, 3.8) is 0 Å². The second-order valence-electron chi connectivity index (χ2n) is 12.1. The van der Waals surface area contributed by atoms with Crippen LogP contribution in [0, 0.1) is 0 Å². The summed E-state index contributed by atoms with van der Waals surface area (Å²) in [5.41, 5.74) is 7.99. The van der Waals surface area contributed by atoms with E-state index in [4.69, 9.17) is 9.84 Å². The molecule has 0 spiro atoms. The molecule has 9 heteroatoms. The van der Waals surface area contributed by atoms with Crippen molar-refractivity contribution in [3.05, 3.63) is 140 Å². The summed E-state index contributed by atoms with van der Waals surface area (Å²) in [6.45, 7) is 6.50. The van der Waals surface area contributed by atoms with Crippen molar-refractivity contribution in [1.82, 2.24) is 10.3 Å². The number of ether oxygens (including phenoxy) is 2. The third kappa shape index (κ3) is 8.81. The number of carbonyl (C=O) groups is 2. The van der Waals surface area contributed by atoms with Gasteiger partial charge in [-0.1, -0.05) is 74.5 Å². The summed E-state index contributed by atoms with van der Waals surface area (Å²) in [4.78, 5) is 36.2. The van der Waals surface area contributed by atoms with Crippen LogP contribution in [0.1, 0.15) is 70.6 Å². The van der Waals surface area contributed by atoms with Crippen molar-refractivity contribution in [2.45, 2.75) is 65.2 Å². The molecule has 9 nitrogen and oxygen atoms in total. The van der Waals surface area contributed by atoms with Gasteiger partial charge in [-0.25, -0.2) is 4.79 Å². The van der Waals surface area contributed by atoms with Crippen molar-refractivity contribution in [3.8, 4) is 11.5 Å². The molecule has 1 heterocycles. The topological polar surface area (TPSA) is 138 Å². The van der Waals surface area contributed by atoms with Gasteiger partial charge in [0.05, 0.1) is 11.6 Å². The quantitative estimate of drug-likeness (QED) is 0.0951. The number of hydrogen-bond donors (Lipinski definition) is 4. The minimum absolute atomic E-state index is 0.0160. The summed E-state index contributed by atoms with van der Waals surface area (Å²) < 4.78 is 10.7. The lowest BCUT2D eigenvalue weighted by Crippen LogP contribution is -2.33. The summed E-state index contributed by atoms with van der Waals surface area (Å²) in [7, 11) is 0. The molecule has 1 unspecified atom stereocenters. The maximum atomic E-state index is 12.1. The van der Waals surface area contributed by atoms with Crippen molar-refractivity contribution in [1.29, 1.82) is 0 Å². The lowest BCUT2D eigenvalue weighted by atomic mass is 9.97. The van der Waals surface area contributed by atoms with E-state index in [2.05, 4.69) is 41.0 Å². The van der Waals surface area contributed by atoms with Gasteiger partial charge in [-0.05, 0) is 83.3 Å². The lowest BCUT2D eigenvalue weighted by molar-refractivity contribution is -0.131. The largest absolute Gasteiger partial charge is 0.487 e. The molecule has 0 saturated heterocycles. The summed E-state index contributed by atoms with van der Waals surface area (Å²) in [5.74, 6) is -0.979. The number of benzene rings is 4. The first-order valence-corrected chi connectivity index (χ1v) is 16.5. The monoisotopic (exact) mass is 662 g/mol. The molecule has 0 radical (unpaired) electrons. The van der Waals surface area contributed by atoms with Gasteiger partial charge >= 0.3 is 11.9 Å². The fourth-order valence-electron chi connectivity index (χ4n) is 6.25. The fourth-order valence-corrected chi connectivity index (χ4v) is 6.25. The molecule has 6 rings (SSSR count). The van der Waals surface area contributed by atoms with Crippen LogP contribution < -0.4 is 20.3 Å². The van der Waals surface area contributed by atoms with Gasteiger partial charge in [0.2, 0.25) is 5.56 Å². The lowest BCUT2D eigenvalue weighted by Gasteiger charge is -2.19. The predicted octanol–water partition coefficient (Wildman–Crippen LogP) is 6.33. The Morgan fingerprint density at radius 3 is 2.16 bits per heavy atom. The number of H-pyrrole nitrogens is 1. The predicted molar refractivity (Wildman–Crippen MR) is 189 cm³/mol. The summed E-state index contributed by atoms with van der Waals surface area (Å²) in [5, 5.41) is 24.2. The number of aliphatic hydroxyl groups is 1. The summed E-state index contributed by atoms with van der Waals surface area (Å²) in [6.07, 6.45) is 3.39. The summed E-state index contributed by atoms with van der Waals surface area (Å²) in [6, 6.07) is 28.0. The van der Waals surface area contributed by atoms with Crippen LogP contribution in [-0.4, -0.2) is 39.7 Å². The van der Waals surface area contributed by atoms with Crippen molar-refractivity contribution >= 4 is 22.8 Å². The number of rotatable bonds is 11. The first kappa shape index (κ1) is 35.1. The smallest absolute Gasteiger partial charge is 0.339 e. The Morgan fingerprint density at radius 1 is 0.878 bits per heavy atom. The molecule has 0 bridgehead atoms. The molecule has 0 amide bonds. The molecule has 4 N–H and O–H groups in total. The number of aryl methyl sites for hydroxylation is 2. The molecule has 1 aliphatic rings. The van der Waals surface area contributed by atoms with Crippen LogP contribution in [0.4, 0.5) is 0 Å². The SMILES string of the molecule is CC(=O)Oc1ccccc1C(=O)O.CCc1cc2c(cc1CC)CC(NCC(O)c1ccc(OCc3ccccc3)c3[nH]c(=O)ccc13)C2. The Labute approximate surface area is 285 Å². The molecule has 0 aliphatic heterocycles. The highest BCUT2D eigenvalue weighted by Crippen LogP contribution is 2.31. The number of carboxylic acid groups (broad SMARTS) is 1. The Hall–Kier alpha value is -5.25. The number of aromatic nitrogens is 1. The number of fused-ring (bicyclic) bond motifs is 2. The average Bonchev–Trinajstić information content (AvgIpc) is 3.51. The Balaban J connectivity index is 0.000000304. The van der Waals surface area contributed by atoms with Gasteiger partial charge < -0.3 is 30.0 Å². The number of aromatic carboxylic acids is 1. The second kappa shape index (κ2) is 16.2. The van der Waals surface area contributed by atoms with Crippen LogP contribution in [0.5, 0.6) is 11.5 Å². The second-order valence-corrected chi connectivity index (χ2v) is 12.1. The molecule has 4 aromatic carbocycles. The molecule has 0 fully saturated rings.